The predicted molar refractivity (Wildman–Crippen MR) is 66.5 cm³/mol. The van der Waals surface area contributed by atoms with Gasteiger partial charge >= 0.3 is 6.18 Å². The van der Waals surface area contributed by atoms with Crippen molar-refractivity contribution in [2.75, 3.05) is 13.1 Å². The van der Waals surface area contributed by atoms with Crippen LogP contribution in [0.25, 0.3) is 0 Å². The van der Waals surface area contributed by atoms with Crippen molar-refractivity contribution in [2.24, 2.45) is 5.73 Å². The van der Waals surface area contributed by atoms with E-state index in [4.69, 9.17) is 5.73 Å². The summed E-state index contributed by atoms with van der Waals surface area (Å²) in [5, 5.41) is 1.60. The van der Waals surface area contributed by atoms with Crippen molar-refractivity contribution in [1.29, 1.82) is 0 Å². The monoisotopic (exact) mass is 278 g/mol. The number of thiophene rings is 1. The number of hydrogen-bond acceptors (Lipinski definition) is 3. The van der Waals surface area contributed by atoms with Gasteiger partial charge in [0.1, 0.15) is 4.88 Å². The second kappa shape index (κ2) is 5.19. The molecule has 0 amide bonds. The second-order valence-electron chi connectivity index (χ2n) is 4.68. The van der Waals surface area contributed by atoms with Gasteiger partial charge in [-0.2, -0.15) is 13.2 Å². The van der Waals surface area contributed by atoms with E-state index in [2.05, 4.69) is 11.8 Å². The summed E-state index contributed by atoms with van der Waals surface area (Å²) in [6.45, 7) is 3.82. The summed E-state index contributed by atoms with van der Waals surface area (Å²) >= 11 is 0.758. The van der Waals surface area contributed by atoms with E-state index in [1.807, 2.05) is 0 Å². The van der Waals surface area contributed by atoms with Crippen LogP contribution in [-0.2, 0) is 6.18 Å². The van der Waals surface area contributed by atoms with Gasteiger partial charge in [-0.25, -0.2) is 0 Å². The number of alkyl halides is 3. The molecule has 1 fully saturated rings. The first-order valence-corrected chi connectivity index (χ1v) is 6.96. The number of halogens is 3. The van der Waals surface area contributed by atoms with Gasteiger partial charge in [0.05, 0.1) is 6.04 Å². The maximum Gasteiger partial charge on any atom is 0.425 e. The summed E-state index contributed by atoms with van der Waals surface area (Å²) in [6, 6.07) is 1.13. The lowest BCUT2D eigenvalue weighted by Gasteiger charge is -2.25. The molecule has 0 aliphatic carbocycles. The van der Waals surface area contributed by atoms with E-state index in [1.165, 1.54) is 6.07 Å². The molecule has 2 heterocycles. The van der Waals surface area contributed by atoms with E-state index in [0.29, 0.717) is 5.56 Å². The Hall–Kier alpha value is -0.590. The molecule has 6 heteroatoms. The highest BCUT2D eigenvalue weighted by Gasteiger charge is 2.37. The van der Waals surface area contributed by atoms with Crippen LogP contribution >= 0.6 is 11.3 Å². The molecule has 1 aliphatic heterocycles. The zero-order valence-electron chi connectivity index (χ0n) is 10.2. The Morgan fingerprint density at radius 3 is 2.78 bits per heavy atom. The van der Waals surface area contributed by atoms with Crippen LogP contribution in [0.1, 0.15) is 36.2 Å². The van der Waals surface area contributed by atoms with Crippen LogP contribution in [0.5, 0.6) is 0 Å². The highest BCUT2D eigenvalue weighted by Crippen LogP contribution is 2.39. The zero-order chi connectivity index (χ0) is 13.3. The highest BCUT2D eigenvalue weighted by atomic mass is 32.1. The molecule has 2 nitrogen and oxygen atoms in total. The molecule has 1 aliphatic rings. The first-order chi connectivity index (χ1) is 8.43. The van der Waals surface area contributed by atoms with E-state index >= 15 is 0 Å². The zero-order valence-corrected chi connectivity index (χ0v) is 11.0. The molecule has 2 N–H and O–H groups in total. The molecule has 0 unspecified atom stereocenters. The van der Waals surface area contributed by atoms with Gasteiger partial charge < -0.3 is 5.73 Å². The van der Waals surface area contributed by atoms with Gasteiger partial charge in [-0.15, -0.1) is 11.3 Å². The third-order valence-electron chi connectivity index (χ3n) is 3.30. The van der Waals surface area contributed by atoms with Crippen LogP contribution < -0.4 is 5.73 Å². The topological polar surface area (TPSA) is 29.3 Å². The van der Waals surface area contributed by atoms with Crippen LogP contribution in [0.4, 0.5) is 13.2 Å². The molecule has 0 spiro atoms. The number of rotatable bonds is 3. The van der Waals surface area contributed by atoms with Crippen molar-refractivity contribution in [3.05, 3.63) is 21.9 Å². The first-order valence-electron chi connectivity index (χ1n) is 6.08. The molecule has 0 radical (unpaired) electrons. The van der Waals surface area contributed by atoms with Gasteiger partial charge in [-0.05, 0) is 36.4 Å². The number of nitrogens with two attached hydrogens (primary N) is 1. The number of nitrogens with zero attached hydrogens (tertiary/aromatic N) is 1. The average Bonchev–Trinajstić information content (AvgIpc) is 2.85. The lowest BCUT2D eigenvalue weighted by atomic mass is 10.0. The van der Waals surface area contributed by atoms with Crippen LogP contribution in [0.15, 0.2) is 11.4 Å². The summed E-state index contributed by atoms with van der Waals surface area (Å²) < 4.78 is 37.8. The molecule has 2 rings (SSSR count). The molecule has 2 atom stereocenters. The van der Waals surface area contributed by atoms with Crippen LogP contribution in [0, 0.1) is 0 Å². The fourth-order valence-corrected chi connectivity index (χ4v) is 3.34. The largest absolute Gasteiger partial charge is 0.425 e. The number of hydrogen-bond donors (Lipinski definition) is 1. The number of likely N-dealkylation sites (tertiary alicyclic amines) is 1. The van der Waals surface area contributed by atoms with Crippen molar-refractivity contribution in [1.82, 2.24) is 4.90 Å². The molecule has 0 aromatic carbocycles. The third kappa shape index (κ3) is 2.70. The fourth-order valence-electron chi connectivity index (χ4n) is 2.53. The smallest absolute Gasteiger partial charge is 0.326 e. The fraction of sp³-hybridized carbons (Fsp3) is 0.667. The maximum absolute atomic E-state index is 12.6. The molecule has 1 saturated heterocycles. The standard InChI is InChI=1S/C12H17F3N2S/c1-2-4-17-5-3-9(16)11(17)8-6-10(18-7-8)12(13,14)15/h6-7,9,11H,2-5,16H2,1H3/t9-,11+/m0/s1. The van der Waals surface area contributed by atoms with Gasteiger partial charge in [0.25, 0.3) is 0 Å². The van der Waals surface area contributed by atoms with E-state index in [9.17, 15) is 13.2 Å². The summed E-state index contributed by atoms with van der Waals surface area (Å²) in [5.74, 6) is 0. The summed E-state index contributed by atoms with van der Waals surface area (Å²) in [6.07, 6.45) is -2.41. The van der Waals surface area contributed by atoms with Gasteiger partial charge in [0, 0.05) is 12.6 Å². The first kappa shape index (κ1) is 13.8. The predicted octanol–water partition coefficient (Wildman–Crippen LogP) is 3.25. The second-order valence-corrected chi connectivity index (χ2v) is 5.59. The Kier molecular flexibility index (Phi) is 3.99. The highest BCUT2D eigenvalue weighted by molar-refractivity contribution is 7.10. The Morgan fingerprint density at radius 2 is 2.22 bits per heavy atom. The molecule has 0 bridgehead atoms. The lowest BCUT2D eigenvalue weighted by molar-refractivity contribution is -0.134. The van der Waals surface area contributed by atoms with E-state index in [1.54, 1.807) is 5.38 Å². The Balaban J connectivity index is 2.21. The van der Waals surface area contributed by atoms with Gasteiger partial charge in [-0.3, -0.25) is 4.90 Å². The summed E-state index contributed by atoms with van der Waals surface area (Å²) in [5.41, 5.74) is 6.75. The van der Waals surface area contributed by atoms with Crippen LogP contribution in [-0.4, -0.2) is 24.0 Å². The van der Waals surface area contributed by atoms with Crippen molar-refractivity contribution in [2.45, 2.75) is 38.0 Å². The quantitative estimate of drug-likeness (QED) is 0.919. The van der Waals surface area contributed by atoms with Crippen molar-refractivity contribution in [3.63, 3.8) is 0 Å². The van der Waals surface area contributed by atoms with Gasteiger partial charge in [-0.1, -0.05) is 6.92 Å². The van der Waals surface area contributed by atoms with Crippen LogP contribution in [0.2, 0.25) is 0 Å². The van der Waals surface area contributed by atoms with Crippen molar-refractivity contribution in [3.8, 4) is 0 Å². The third-order valence-corrected chi connectivity index (χ3v) is 4.29. The molecule has 1 aromatic heterocycles. The summed E-state index contributed by atoms with van der Waals surface area (Å²) in [4.78, 5) is 1.65. The Morgan fingerprint density at radius 1 is 1.50 bits per heavy atom. The molecule has 1 aromatic rings. The van der Waals surface area contributed by atoms with Crippen LogP contribution in [0.3, 0.4) is 0 Å². The Bertz CT molecular complexity index is 400. The molecule has 0 saturated carbocycles. The van der Waals surface area contributed by atoms with Gasteiger partial charge in [0.15, 0.2) is 0 Å². The Labute approximate surface area is 109 Å². The minimum absolute atomic E-state index is 0.0581. The van der Waals surface area contributed by atoms with E-state index < -0.39 is 11.1 Å². The minimum atomic E-state index is -4.25. The van der Waals surface area contributed by atoms with Crippen molar-refractivity contribution < 1.29 is 13.2 Å². The molecule has 102 valence electrons. The SMILES string of the molecule is CCCN1CC[C@H](N)[C@H]1c1csc(C(F)(F)F)c1. The average molecular weight is 278 g/mol. The van der Waals surface area contributed by atoms with E-state index in [0.717, 1.165) is 37.3 Å². The maximum atomic E-state index is 12.6. The summed E-state index contributed by atoms with van der Waals surface area (Å²) in [7, 11) is 0. The normalized spacial score (nSPS) is 25.8. The van der Waals surface area contributed by atoms with E-state index in [-0.39, 0.29) is 12.1 Å². The van der Waals surface area contributed by atoms with Gasteiger partial charge in [0.2, 0.25) is 0 Å². The van der Waals surface area contributed by atoms with Crippen molar-refractivity contribution >= 4 is 11.3 Å². The molecular weight excluding hydrogens is 261 g/mol. The lowest BCUT2D eigenvalue weighted by Crippen LogP contribution is -2.32. The molecular formula is C12H17F3N2S. The molecule has 18 heavy (non-hydrogen) atoms. The minimum Gasteiger partial charge on any atom is -0.326 e.